The van der Waals surface area contributed by atoms with E-state index in [1.807, 2.05) is 18.2 Å². The van der Waals surface area contributed by atoms with Crippen LogP contribution >= 0.6 is 11.6 Å². The van der Waals surface area contributed by atoms with Crippen LogP contribution in [0.2, 0.25) is 5.02 Å². The molecular formula is C20H21ClN4O5. The molecule has 0 aromatic heterocycles. The molecule has 1 amide bonds. The summed E-state index contributed by atoms with van der Waals surface area (Å²) in [5, 5.41) is 14.7. The predicted octanol–water partition coefficient (Wildman–Crippen LogP) is 2.85. The molecule has 0 unspecified atom stereocenters. The van der Waals surface area contributed by atoms with Crippen molar-refractivity contribution in [1.29, 1.82) is 0 Å². The number of nitro benzene ring substituents is 1. The summed E-state index contributed by atoms with van der Waals surface area (Å²) in [7, 11) is 1.63. The normalized spacial score (nSPS) is 14.6. The Bertz CT molecular complexity index is 960. The lowest BCUT2D eigenvalue weighted by Crippen LogP contribution is -2.35. The number of nitrogens with one attached hydrogen (secondary N) is 1. The Morgan fingerprint density at radius 1 is 1.33 bits per heavy atom. The van der Waals surface area contributed by atoms with Crippen molar-refractivity contribution in [3.05, 3.63) is 68.2 Å². The van der Waals surface area contributed by atoms with Gasteiger partial charge in [0.15, 0.2) is 0 Å². The Morgan fingerprint density at radius 2 is 2.10 bits per heavy atom. The van der Waals surface area contributed by atoms with Gasteiger partial charge in [-0.15, -0.1) is 0 Å². The summed E-state index contributed by atoms with van der Waals surface area (Å²) in [4.78, 5) is 24.7. The Labute approximate surface area is 178 Å². The average molecular weight is 433 g/mol. The first-order valence-corrected chi connectivity index (χ1v) is 9.60. The molecule has 0 aliphatic carbocycles. The minimum Gasteiger partial charge on any atom is -0.496 e. The first-order chi connectivity index (χ1) is 14.5. The van der Waals surface area contributed by atoms with Crippen LogP contribution in [-0.2, 0) is 11.3 Å². The highest BCUT2D eigenvalue weighted by molar-refractivity contribution is 6.34. The van der Waals surface area contributed by atoms with E-state index in [-0.39, 0.29) is 16.3 Å². The Hall–Kier alpha value is -3.01. The smallest absolute Gasteiger partial charge is 0.272 e. The largest absolute Gasteiger partial charge is 0.496 e. The zero-order valence-electron chi connectivity index (χ0n) is 16.3. The molecule has 1 N–H and O–H groups in total. The molecule has 1 heterocycles. The highest BCUT2D eigenvalue weighted by Gasteiger charge is 2.15. The van der Waals surface area contributed by atoms with Gasteiger partial charge in [0, 0.05) is 37.3 Å². The number of hydrazone groups is 1. The van der Waals surface area contributed by atoms with E-state index >= 15 is 0 Å². The van der Waals surface area contributed by atoms with Gasteiger partial charge in [0.05, 0.1) is 42.0 Å². The van der Waals surface area contributed by atoms with Gasteiger partial charge in [-0.3, -0.25) is 19.8 Å². The molecule has 1 aliphatic heterocycles. The highest BCUT2D eigenvalue weighted by atomic mass is 35.5. The van der Waals surface area contributed by atoms with Crippen molar-refractivity contribution >= 4 is 29.4 Å². The van der Waals surface area contributed by atoms with Crippen molar-refractivity contribution < 1.29 is 19.2 Å². The van der Waals surface area contributed by atoms with Gasteiger partial charge in [-0.2, -0.15) is 5.10 Å². The molecule has 9 nitrogen and oxygen atoms in total. The molecule has 1 aliphatic rings. The number of rotatable bonds is 7. The molecule has 1 fully saturated rings. The fraction of sp³-hybridized carbons (Fsp3) is 0.300. The van der Waals surface area contributed by atoms with E-state index in [0.717, 1.165) is 42.6 Å². The summed E-state index contributed by atoms with van der Waals surface area (Å²) in [6, 6.07) is 9.26. The lowest BCUT2D eigenvalue weighted by molar-refractivity contribution is -0.384. The fourth-order valence-corrected chi connectivity index (χ4v) is 3.29. The van der Waals surface area contributed by atoms with E-state index < -0.39 is 10.8 Å². The molecule has 0 bridgehead atoms. The van der Waals surface area contributed by atoms with Crippen molar-refractivity contribution in [1.82, 2.24) is 10.3 Å². The number of non-ortho nitro benzene ring substituents is 1. The van der Waals surface area contributed by atoms with Crippen molar-refractivity contribution in [3.8, 4) is 5.75 Å². The topological polar surface area (TPSA) is 106 Å². The summed E-state index contributed by atoms with van der Waals surface area (Å²) >= 11 is 5.97. The number of morpholine rings is 1. The van der Waals surface area contributed by atoms with Crippen molar-refractivity contribution in [2.75, 3.05) is 33.4 Å². The second-order valence-electron chi connectivity index (χ2n) is 6.58. The number of carbonyl (C=O) groups is 1. The van der Waals surface area contributed by atoms with Gasteiger partial charge in [-0.1, -0.05) is 11.6 Å². The maximum atomic E-state index is 12.2. The maximum Gasteiger partial charge on any atom is 0.272 e. The number of halogens is 1. The molecule has 0 radical (unpaired) electrons. The summed E-state index contributed by atoms with van der Waals surface area (Å²) in [5.41, 5.74) is 4.09. The van der Waals surface area contributed by atoms with Crippen LogP contribution in [-0.4, -0.2) is 55.4 Å². The van der Waals surface area contributed by atoms with E-state index in [0.29, 0.717) is 13.2 Å². The maximum absolute atomic E-state index is 12.2. The third kappa shape index (κ3) is 5.53. The molecule has 3 rings (SSSR count). The zero-order chi connectivity index (χ0) is 21.5. The molecular weight excluding hydrogens is 412 g/mol. The van der Waals surface area contributed by atoms with Crippen LogP contribution in [0.1, 0.15) is 21.5 Å². The molecule has 0 saturated carbocycles. The van der Waals surface area contributed by atoms with Gasteiger partial charge in [-0.05, 0) is 29.8 Å². The monoisotopic (exact) mass is 432 g/mol. The summed E-state index contributed by atoms with van der Waals surface area (Å²) in [5.74, 6) is 0.216. The van der Waals surface area contributed by atoms with Crippen LogP contribution in [0, 0.1) is 10.1 Å². The first-order valence-electron chi connectivity index (χ1n) is 9.22. The van der Waals surface area contributed by atoms with Gasteiger partial charge in [0.25, 0.3) is 11.6 Å². The molecule has 30 heavy (non-hydrogen) atoms. The second kappa shape index (κ2) is 10.1. The van der Waals surface area contributed by atoms with Crippen LogP contribution in [0.15, 0.2) is 41.5 Å². The van der Waals surface area contributed by atoms with Gasteiger partial charge in [0.2, 0.25) is 0 Å². The minimum atomic E-state index is -0.579. The molecule has 1 saturated heterocycles. The second-order valence-corrected chi connectivity index (χ2v) is 6.99. The standard InChI is InChI=1S/C20H21ClN4O5/c1-29-19-5-2-14(10-15(19)13-24-6-8-30-9-7-24)12-22-23-20(26)17-4-3-16(25(27)28)11-18(17)21/h2-5,10-12H,6-9,13H2,1H3,(H,23,26)/b22-12-. The average Bonchev–Trinajstić information content (AvgIpc) is 2.74. The van der Waals surface area contributed by atoms with Gasteiger partial charge < -0.3 is 9.47 Å². The number of ether oxygens (including phenoxy) is 2. The fourth-order valence-electron chi connectivity index (χ4n) is 3.03. The number of methoxy groups -OCH3 is 1. The number of amides is 1. The first kappa shape index (κ1) is 21.7. The Balaban J connectivity index is 1.67. The van der Waals surface area contributed by atoms with E-state index in [4.69, 9.17) is 21.1 Å². The SMILES string of the molecule is COc1ccc(/C=N\NC(=O)c2ccc([N+](=O)[O-])cc2Cl)cc1CN1CCOCC1. The van der Waals surface area contributed by atoms with Crippen LogP contribution in [0.3, 0.4) is 0 Å². The quantitative estimate of drug-likeness (QED) is 0.409. The van der Waals surface area contributed by atoms with E-state index in [1.165, 1.54) is 18.3 Å². The number of nitrogens with zero attached hydrogens (tertiary/aromatic N) is 3. The van der Waals surface area contributed by atoms with Crippen molar-refractivity contribution in [2.24, 2.45) is 5.10 Å². The third-order valence-corrected chi connectivity index (χ3v) is 4.90. The third-order valence-electron chi connectivity index (χ3n) is 4.59. The lowest BCUT2D eigenvalue weighted by atomic mass is 10.1. The van der Waals surface area contributed by atoms with Gasteiger partial charge >= 0.3 is 0 Å². The molecule has 0 atom stereocenters. The van der Waals surface area contributed by atoms with Crippen LogP contribution in [0.5, 0.6) is 5.75 Å². The zero-order valence-corrected chi connectivity index (χ0v) is 17.1. The summed E-state index contributed by atoms with van der Waals surface area (Å²) < 4.78 is 10.8. The molecule has 2 aromatic carbocycles. The molecule has 10 heteroatoms. The Morgan fingerprint density at radius 3 is 2.77 bits per heavy atom. The minimum absolute atomic E-state index is 0.0193. The van der Waals surface area contributed by atoms with Crippen molar-refractivity contribution in [2.45, 2.75) is 6.54 Å². The molecule has 2 aromatic rings. The van der Waals surface area contributed by atoms with Gasteiger partial charge in [0.1, 0.15) is 5.75 Å². The number of hydrogen-bond acceptors (Lipinski definition) is 7. The van der Waals surface area contributed by atoms with Gasteiger partial charge in [-0.25, -0.2) is 5.43 Å². The van der Waals surface area contributed by atoms with E-state index in [9.17, 15) is 14.9 Å². The number of nitro groups is 1. The van der Waals surface area contributed by atoms with E-state index in [2.05, 4.69) is 15.4 Å². The number of benzene rings is 2. The number of carbonyl (C=O) groups excluding carboxylic acids is 1. The van der Waals surface area contributed by atoms with Crippen molar-refractivity contribution in [3.63, 3.8) is 0 Å². The van der Waals surface area contributed by atoms with E-state index in [1.54, 1.807) is 7.11 Å². The van der Waals surface area contributed by atoms with Crippen LogP contribution in [0.4, 0.5) is 5.69 Å². The predicted molar refractivity (Wildman–Crippen MR) is 112 cm³/mol. The Kier molecular flexibility index (Phi) is 7.34. The molecule has 0 spiro atoms. The van der Waals surface area contributed by atoms with Crippen LogP contribution < -0.4 is 10.2 Å². The number of hydrogen-bond donors (Lipinski definition) is 1. The summed E-state index contributed by atoms with van der Waals surface area (Å²) in [6.07, 6.45) is 1.51. The molecule has 158 valence electrons. The lowest BCUT2D eigenvalue weighted by Gasteiger charge is -2.27. The summed E-state index contributed by atoms with van der Waals surface area (Å²) in [6.45, 7) is 3.85. The van der Waals surface area contributed by atoms with Crippen LogP contribution in [0.25, 0.3) is 0 Å². The highest BCUT2D eigenvalue weighted by Crippen LogP contribution is 2.23.